The maximum Gasteiger partial charge on any atom is 0.0621 e. The molecule has 16 bridgehead atoms. The Labute approximate surface area is 253 Å². The third-order valence-electron chi connectivity index (χ3n) is 8.66. The third kappa shape index (κ3) is 4.66. The average Bonchev–Trinajstić information content (AvgIpc) is 3.85. The van der Waals surface area contributed by atoms with Crippen molar-refractivity contribution in [3.8, 4) is 45.6 Å². The largest absolute Gasteiger partial charge is 0.357 e. The summed E-state index contributed by atoms with van der Waals surface area (Å²) in [6.07, 6.45) is 3.22. The van der Waals surface area contributed by atoms with Crippen molar-refractivity contribution in [2.45, 2.75) is 25.7 Å². The van der Waals surface area contributed by atoms with Gasteiger partial charge in [0, 0.05) is 71.2 Å². The Kier molecular flexibility index (Phi) is 5.59. The van der Waals surface area contributed by atoms with Crippen LogP contribution in [0.3, 0.4) is 0 Å². The van der Waals surface area contributed by atoms with Crippen molar-refractivity contribution in [2.24, 2.45) is 0 Å². The topological polar surface area (TPSA) is 126 Å². The highest BCUT2D eigenvalue weighted by Crippen LogP contribution is 2.26. The minimum absolute atomic E-state index is 0.804. The maximum atomic E-state index is 3.60. The Balaban J connectivity index is 1.04. The third-order valence-corrected chi connectivity index (χ3v) is 8.66. The molecule has 0 atom stereocenters. The lowest BCUT2D eigenvalue weighted by atomic mass is 10.2. The molecule has 44 heavy (non-hydrogen) atoms. The van der Waals surface area contributed by atoms with Gasteiger partial charge in [0.15, 0.2) is 0 Å². The quantitative estimate of drug-likeness (QED) is 0.0903. The molecule has 0 amide bonds. The Morgan fingerprint density at radius 3 is 0.477 bits per heavy atom. The fourth-order valence-corrected chi connectivity index (χ4v) is 6.42. The van der Waals surface area contributed by atoms with Gasteiger partial charge in [0.25, 0.3) is 0 Å². The molecule has 0 saturated heterocycles. The molecule has 1 aliphatic heterocycles. The lowest BCUT2D eigenvalue weighted by Crippen LogP contribution is -1.92. The predicted molar refractivity (Wildman–Crippen MR) is 174 cm³/mol. The number of aromatic nitrogens is 8. The first kappa shape index (κ1) is 24.8. The molecule has 0 radical (unpaired) electrons. The number of rotatable bonds is 0. The molecule has 0 saturated carbocycles. The highest BCUT2D eigenvalue weighted by Gasteiger charge is 2.12. The van der Waals surface area contributed by atoms with Gasteiger partial charge in [-0.1, -0.05) is 0 Å². The Morgan fingerprint density at radius 2 is 0.341 bits per heavy atom. The van der Waals surface area contributed by atoms with E-state index in [0.717, 1.165) is 71.2 Å². The van der Waals surface area contributed by atoms with Gasteiger partial charge in [0.2, 0.25) is 0 Å². The summed E-state index contributed by atoms with van der Waals surface area (Å²) in [5.74, 6) is 0. The number of nitrogens with one attached hydrogen (secondary N) is 8. The van der Waals surface area contributed by atoms with Crippen molar-refractivity contribution in [3.63, 3.8) is 0 Å². The molecule has 9 rings (SSSR count). The van der Waals surface area contributed by atoms with Crippen molar-refractivity contribution in [1.82, 2.24) is 39.9 Å². The molecule has 8 heteroatoms. The Bertz CT molecular complexity index is 1740. The van der Waals surface area contributed by atoms with Gasteiger partial charge in [-0.05, 0) is 97.1 Å². The van der Waals surface area contributed by atoms with Crippen LogP contribution in [0.4, 0.5) is 0 Å². The van der Waals surface area contributed by atoms with E-state index >= 15 is 0 Å². The van der Waals surface area contributed by atoms with E-state index in [9.17, 15) is 0 Å². The second kappa shape index (κ2) is 9.91. The first-order valence-electron chi connectivity index (χ1n) is 15.1. The highest BCUT2D eigenvalue weighted by atomic mass is 14.9. The minimum atomic E-state index is 0.804. The van der Waals surface area contributed by atoms with Gasteiger partial charge < -0.3 is 39.9 Å². The molecule has 8 aromatic heterocycles. The lowest BCUT2D eigenvalue weighted by molar-refractivity contribution is 1.03. The van der Waals surface area contributed by atoms with E-state index in [0.29, 0.717) is 0 Å². The van der Waals surface area contributed by atoms with Crippen LogP contribution in [0, 0.1) is 0 Å². The molecule has 0 spiro atoms. The summed E-state index contributed by atoms with van der Waals surface area (Å²) in [6.45, 7) is 0. The molecule has 1 aliphatic rings. The van der Waals surface area contributed by atoms with E-state index in [1.165, 1.54) is 45.6 Å². The van der Waals surface area contributed by atoms with Gasteiger partial charge in [-0.15, -0.1) is 0 Å². The zero-order chi connectivity index (χ0) is 29.0. The first-order chi connectivity index (χ1) is 21.7. The van der Waals surface area contributed by atoms with Crippen LogP contribution in [-0.2, 0) is 25.7 Å². The summed E-state index contributed by atoms with van der Waals surface area (Å²) >= 11 is 0. The van der Waals surface area contributed by atoms with Gasteiger partial charge in [-0.25, -0.2) is 0 Å². The van der Waals surface area contributed by atoms with Crippen LogP contribution in [0.25, 0.3) is 45.6 Å². The SMILES string of the molecule is c1cc2[nH]c1Cc1ccc([nH]1)-c1ccc([nH]1)Cc1ccc([nH]1)-c1ccc([nH]1)Cc1ccc([nH]1)-c1ccc([nH]1)Cc1ccc-2[nH]1. The Hall–Kier alpha value is -5.76. The second-order valence-corrected chi connectivity index (χ2v) is 11.9. The molecule has 8 nitrogen and oxygen atoms in total. The van der Waals surface area contributed by atoms with Crippen LogP contribution in [0.5, 0.6) is 0 Å². The van der Waals surface area contributed by atoms with E-state index in [4.69, 9.17) is 0 Å². The zero-order valence-corrected chi connectivity index (χ0v) is 24.1. The van der Waals surface area contributed by atoms with E-state index in [2.05, 4.69) is 137 Å². The second-order valence-electron chi connectivity index (χ2n) is 11.9. The lowest BCUT2D eigenvalue weighted by Gasteiger charge is -2.00. The van der Waals surface area contributed by atoms with Crippen LogP contribution in [0.15, 0.2) is 97.1 Å². The van der Waals surface area contributed by atoms with Gasteiger partial charge in [-0.3, -0.25) is 0 Å². The molecule has 8 aromatic rings. The van der Waals surface area contributed by atoms with Gasteiger partial charge in [0.1, 0.15) is 0 Å². The van der Waals surface area contributed by atoms with Crippen LogP contribution >= 0.6 is 0 Å². The Morgan fingerprint density at radius 1 is 0.205 bits per heavy atom. The van der Waals surface area contributed by atoms with Crippen LogP contribution < -0.4 is 0 Å². The van der Waals surface area contributed by atoms with Gasteiger partial charge in [0.05, 0.1) is 45.6 Å². The van der Waals surface area contributed by atoms with E-state index in [-0.39, 0.29) is 0 Å². The van der Waals surface area contributed by atoms with Gasteiger partial charge >= 0.3 is 0 Å². The smallest absolute Gasteiger partial charge is 0.0621 e. The van der Waals surface area contributed by atoms with Crippen molar-refractivity contribution in [3.05, 3.63) is 143 Å². The van der Waals surface area contributed by atoms with Gasteiger partial charge in [-0.2, -0.15) is 0 Å². The van der Waals surface area contributed by atoms with Crippen LogP contribution in [0.2, 0.25) is 0 Å². The zero-order valence-electron chi connectivity index (χ0n) is 24.1. The molecular formula is C36H32N8. The van der Waals surface area contributed by atoms with E-state index < -0.39 is 0 Å². The van der Waals surface area contributed by atoms with Crippen LogP contribution in [-0.4, -0.2) is 39.9 Å². The standard InChI is InChI=1S/C36H32N8/c1-9-29-30-10-3-23(39-30)18-24-5-13-33(41-24)34-14-7-27(43-34)20-28-8-16-36(44-28)35-15-6-26(42-35)19-25-4-12-32(40-25)31-11-2-22(38-31)17-21(1)37-29/h1-16,37-44H,17-20H2. The van der Waals surface area contributed by atoms with Crippen molar-refractivity contribution in [1.29, 1.82) is 0 Å². The molecule has 9 heterocycles. The summed E-state index contributed by atoms with van der Waals surface area (Å²) in [6, 6.07) is 34.5. The molecular weight excluding hydrogens is 544 g/mol. The fourth-order valence-electron chi connectivity index (χ4n) is 6.42. The molecule has 8 N–H and O–H groups in total. The summed E-state index contributed by atoms with van der Waals surface area (Å²) in [4.78, 5) is 28.8. The van der Waals surface area contributed by atoms with E-state index in [1.54, 1.807) is 0 Å². The maximum absolute atomic E-state index is 3.60. The summed E-state index contributed by atoms with van der Waals surface area (Å²) in [7, 11) is 0. The highest BCUT2D eigenvalue weighted by molar-refractivity contribution is 5.60. The molecule has 0 unspecified atom stereocenters. The fraction of sp³-hybridized carbons (Fsp3) is 0.111. The van der Waals surface area contributed by atoms with Crippen molar-refractivity contribution >= 4 is 0 Å². The number of fused-ring (bicyclic) bond motifs is 20. The molecule has 0 aromatic carbocycles. The summed E-state index contributed by atoms with van der Waals surface area (Å²) < 4.78 is 0. The average molecular weight is 577 g/mol. The predicted octanol–water partition coefficient (Wildman–Crippen LogP) is 7.66. The number of hydrogen-bond acceptors (Lipinski definition) is 0. The molecule has 0 aliphatic carbocycles. The van der Waals surface area contributed by atoms with E-state index in [1.807, 2.05) is 0 Å². The summed E-state index contributed by atoms with van der Waals surface area (Å²) in [5, 5.41) is 0. The normalized spacial score (nSPS) is 13.1. The van der Waals surface area contributed by atoms with Crippen molar-refractivity contribution in [2.75, 3.05) is 0 Å². The minimum Gasteiger partial charge on any atom is -0.357 e. The number of hydrogen-bond donors (Lipinski definition) is 8. The molecule has 0 fully saturated rings. The summed E-state index contributed by atoms with van der Waals surface area (Å²) in [5.41, 5.74) is 18.1. The molecule has 216 valence electrons. The number of aromatic amines is 8. The van der Waals surface area contributed by atoms with Crippen molar-refractivity contribution < 1.29 is 0 Å². The monoisotopic (exact) mass is 576 g/mol. The first-order valence-corrected chi connectivity index (χ1v) is 15.1. The number of H-pyrrole nitrogens is 8. The van der Waals surface area contributed by atoms with Crippen LogP contribution in [0.1, 0.15) is 45.6 Å².